The fourth-order valence-corrected chi connectivity index (χ4v) is 4.86. The zero-order valence-corrected chi connectivity index (χ0v) is 21.9. The molecule has 1 aromatic carbocycles. The van der Waals surface area contributed by atoms with Gasteiger partial charge in [0.1, 0.15) is 18.9 Å². The number of amides is 2. The maximum absolute atomic E-state index is 15.1. The van der Waals surface area contributed by atoms with E-state index in [0.717, 1.165) is 35.3 Å². The van der Waals surface area contributed by atoms with Crippen molar-refractivity contribution in [3.8, 4) is 0 Å². The highest BCUT2D eigenvalue weighted by Crippen LogP contribution is 2.48. The van der Waals surface area contributed by atoms with Crippen molar-refractivity contribution in [3.05, 3.63) is 48.4 Å². The number of hydrogen-bond acceptors (Lipinski definition) is 9. The van der Waals surface area contributed by atoms with Gasteiger partial charge in [-0.05, 0) is 12.2 Å². The van der Waals surface area contributed by atoms with Crippen molar-refractivity contribution in [3.63, 3.8) is 0 Å². The van der Waals surface area contributed by atoms with Gasteiger partial charge >= 0.3 is 19.9 Å². The van der Waals surface area contributed by atoms with Crippen LogP contribution < -0.4 is 9.80 Å². The summed E-state index contributed by atoms with van der Waals surface area (Å²) in [5.74, 6) is -5.02. The first kappa shape index (κ1) is 29.5. The van der Waals surface area contributed by atoms with Crippen LogP contribution >= 0.6 is 7.75 Å². The third-order valence-electron chi connectivity index (χ3n) is 5.48. The third kappa shape index (κ3) is 6.34. The second kappa shape index (κ2) is 11.8. The molecule has 1 fully saturated rings. The molecular weight excluding hydrogens is 550 g/mol. The quantitative estimate of drug-likeness (QED) is 0.162. The van der Waals surface area contributed by atoms with Crippen molar-refractivity contribution >= 4 is 42.9 Å². The van der Waals surface area contributed by atoms with Crippen molar-refractivity contribution in [2.45, 2.75) is 12.5 Å². The molecule has 0 aromatic heterocycles. The molecule has 39 heavy (non-hydrogen) atoms. The summed E-state index contributed by atoms with van der Waals surface area (Å²) >= 11 is 0. The van der Waals surface area contributed by atoms with E-state index >= 15 is 4.39 Å². The molecule has 0 bridgehead atoms. The van der Waals surface area contributed by atoms with Crippen LogP contribution in [0.1, 0.15) is 6.42 Å². The summed E-state index contributed by atoms with van der Waals surface area (Å²) in [4.78, 5) is 53.5. The van der Waals surface area contributed by atoms with E-state index in [2.05, 4.69) is 21.1 Å². The number of carbonyl (C=O) groups is 3. The van der Waals surface area contributed by atoms with Crippen molar-refractivity contribution < 1.29 is 51.1 Å². The Bertz CT molecular complexity index is 1290. The molecular formula is C22H25F3N5O8P. The molecule has 0 radical (unpaired) electrons. The number of anilines is 2. The highest BCUT2D eigenvalue weighted by atomic mass is 31.2. The van der Waals surface area contributed by atoms with E-state index in [1.54, 1.807) is 0 Å². The molecule has 2 atom stereocenters. The Labute approximate surface area is 220 Å². The van der Waals surface area contributed by atoms with Crippen LogP contribution in [0.25, 0.3) is 0 Å². The first-order valence-corrected chi connectivity index (χ1v) is 12.7. The number of ketones is 1. The molecule has 1 N–H and O–H groups in total. The van der Waals surface area contributed by atoms with E-state index in [4.69, 9.17) is 4.74 Å². The van der Waals surface area contributed by atoms with Gasteiger partial charge < -0.3 is 23.9 Å². The number of nitrogens with zero attached hydrogens (tertiary/aromatic N) is 5. The normalized spacial score (nSPS) is 18.9. The number of ether oxygens (including phenoxy) is 1. The summed E-state index contributed by atoms with van der Waals surface area (Å²) in [5.41, 5.74) is -1.53. The number of amidine groups is 1. The van der Waals surface area contributed by atoms with E-state index in [0.29, 0.717) is 15.6 Å². The number of rotatable bonds is 8. The van der Waals surface area contributed by atoms with Crippen LogP contribution in [0, 0.1) is 17.5 Å². The molecule has 2 unspecified atom stereocenters. The van der Waals surface area contributed by atoms with Crippen LogP contribution in [0.5, 0.6) is 0 Å². The second-order valence-electron chi connectivity index (χ2n) is 8.36. The van der Waals surface area contributed by atoms with Gasteiger partial charge in [-0.25, -0.2) is 32.0 Å². The Morgan fingerprint density at radius 2 is 2.03 bits per heavy atom. The van der Waals surface area contributed by atoms with Crippen LogP contribution in [0.3, 0.4) is 0 Å². The molecule has 1 aromatic rings. The van der Waals surface area contributed by atoms with E-state index in [1.165, 1.54) is 14.1 Å². The third-order valence-corrected chi connectivity index (χ3v) is 6.85. The van der Waals surface area contributed by atoms with Crippen molar-refractivity contribution in [2.24, 2.45) is 5.16 Å². The predicted molar refractivity (Wildman–Crippen MR) is 131 cm³/mol. The average Bonchev–Trinajstić information content (AvgIpc) is 3.24. The SMILES string of the molecule is C=C/C(=N\OC)N(CC1CN(c2cc(F)c(N3C=CC(=O)CC3)c(F)c2F)C(=O)O1)P(=O)(O)OC(=O)N(C)C. The van der Waals surface area contributed by atoms with E-state index < -0.39 is 68.0 Å². The molecule has 17 heteroatoms. The molecule has 212 valence electrons. The number of halogens is 3. The van der Waals surface area contributed by atoms with Crippen LogP contribution in [0.4, 0.5) is 34.1 Å². The lowest BCUT2D eigenvalue weighted by molar-refractivity contribution is -0.114. The summed E-state index contributed by atoms with van der Waals surface area (Å²) in [5, 5.41) is 3.54. The van der Waals surface area contributed by atoms with Crippen molar-refractivity contribution in [1.29, 1.82) is 0 Å². The van der Waals surface area contributed by atoms with Gasteiger partial charge in [-0.2, -0.15) is 0 Å². The Balaban J connectivity index is 1.89. The molecule has 0 saturated carbocycles. The lowest BCUT2D eigenvalue weighted by atomic mass is 10.1. The number of oxime groups is 1. The van der Waals surface area contributed by atoms with E-state index in [9.17, 15) is 32.6 Å². The van der Waals surface area contributed by atoms with E-state index in [1.807, 2.05) is 0 Å². The van der Waals surface area contributed by atoms with Crippen LogP contribution in [-0.4, -0.2) is 85.2 Å². The molecule has 0 spiro atoms. The first-order chi connectivity index (χ1) is 18.3. The van der Waals surface area contributed by atoms with Crippen molar-refractivity contribution in [1.82, 2.24) is 9.57 Å². The lowest BCUT2D eigenvalue weighted by Gasteiger charge is -2.29. The Kier molecular flexibility index (Phi) is 8.92. The fourth-order valence-electron chi connectivity index (χ4n) is 3.63. The minimum atomic E-state index is -5.01. The number of allylic oxidation sites excluding steroid dienone is 1. The summed E-state index contributed by atoms with van der Waals surface area (Å²) < 4.78 is 68.2. The van der Waals surface area contributed by atoms with Crippen LogP contribution in [0.15, 0.2) is 36.2 Å². The Morgan fingerprint density at radius 3 is 2.59 bits per heavy atom. The minimum Gasteiger partial charge on any atom is -0.442 e. The number of hydrogen-bond donors (Lipinski definition) is 1. The molecule has 2 aliphatic heterocycles. The molecule has 2 heterocycles. The smallest absolute Gasteiger partial charge is 0.442 e. The Hall–Kier alpha value is -4.04. The molecule has 0 aliphatic carbocycles. The van der Waals surface area contributed by atoms with Crippen molar-refractivity contribution in [2.75, 3.05) is 50.6 Å². The Morgan fingerprint density at radius 1 is 1.33 bits per heavy atom. The number of cyclic esters (lactones) is 1. The molecule has 1 saturated heterocycles. The fraction of sp³-hybridized carbons (Fsp3) is 0.364. The standard InChI is InChI=1S/C22H25F3N5O8P/c1-5-17(26-36-4)30(39(34,35)38-21(32)27(2)3)12-14-11-29(22(33)37-14)16-10-15(23)20(19(25)18(16)24)28-8-6-13(31)7-9-28/h5-6,8,10,14H,1,7,9,11-12H2,2-4H3,(H,34,35)/b26-17+. The lowest BCUT2D eigenvalue weighted by Crippen LogP contribution is -2.38. The summed E-state index contributed by atoms with van der Waals surface area (Å²) in [6, 6.07) is 0.594. The van der Waals surface area contributed by atoms with Gasteiger partial charge in [0.25, 0.3) is 0 Å². The maximum Gasteiger partial charge on any atom is 0.491 e. The molecule has 2 amide bonds. The second-order valence-corrected chi connectivity index (χ2v) is 10.0. The number of benzene rings is 1. The first-order valence-electron chi connectivity index (χ1n) is 11.2. The van der Waals surface area contributed by atoms with Gasteiger partial charge in [-0.3, -0.25) is 14.6 Å². The van der Waals surface area contributed by atoms with Gasteiger partial charge in [0, 0.05) is 39.3 Å². The monoisotopic (exact) mass is 575 g/mol. The van der Waals surface area contributed by atoms with Gasteiger partial charge in [0.2, 0.25) is 0 Å². The van der Waals surface area contributed by atoms with Gasteiger partial charge in [0.15, 0.2) is 29.1 Å². The zero-order valence-electron chi connectivity index (χ0n) is 21.0. The summed E-state index contributed by atoms with van der Waals surface area (Å²) in [6.07, 6.45) is -0.519. The highest BCUT2D eigenvalue weighted by molar-refractivity contribution is 7.51. The summed E-state index contributed by atoms with van der Waals surface area (Å²) in [7, 11) is -1.36. The maximum atomic E-state index is 15.1. The van der Waals surface area contributed by atoms with Gasteiger partial charge in [-0.1, -0.05) is 11.7 Å². The highest BCUT2D eigenvalue weighted by Gasteiger charge is 2.43. The molecule has 13 nitrogen and oxygen atoms in total. The molecule has 3 rings (SSSR count). The van der Waals surface area contributed by atoms with Gasteiger partial charge in [0.05, 0.1) is 18.8 Å². The van der Waals surface area contributed by atoms with Crippen LogP contribution in [0.2, 0.25) is 0 Å². The average molecular weight is 575 g/mol. The topological polar surface area (TPSA) is 142 Å². The zero-order chi connectivity index (χ0) is 29.1. The number of carbonyl (C=O) groups excluding carboxylic acids is 3. The predicted octanol–water partition coefficient (Wildman–Crippen LogP) is 2.97. The van der Waals surface area contributed by atoms with Gasteiger partial charge in [-0.15, -0.1) is 0 Å². The molecule has 2 aliphatic rings. The van der Waals surface area contributed by atoms with E-state index in [-0.39, 0.29) is 24.6 Å². The minimum absolute atomic E-state index is 0.0347. The van der Waals surface area contributed by atoms with Crippen LogP contribution in [-0.2, 0) is 23.5 Å². The summed E-state index contributed by atoms with van der Waals surface area (Å²) in [6.45, 7) is 2.19. The largest absolute Gasteiger partial charge is 0.491 e.